The lowest BCUT2D eigenvalue weighted by atomic mass is 9.77. The number of furan rings is 1. The molecule has 148 valence electrons. The number of benzene rings is 2. The first kappa shape index (κ1) is 19.0. The minimum atomic E-state index is -1.07. The van der Waals surface area contributed by atoms with Crippen LogP contribution >= 0.6 is 0 Å². The standard InChI is InChI=1S/C23H22F4O/c1-2-3-13-4-6-14(7-5-13)15-8-19(26)23(20(27)9-15)22-11-16-10-17(24)18(25)12-21(16)28-22/h8-14H,2-7H2,1H3. The maximum Gasteiger partial charge on any atom is 0.162 e. The third-order valence-corrected chi connectivity index (χ3v) is 5.89. The summed E-state index contributed by atoms with van der Waals surface area (Å²) in [5, 5.41) is 0.256. The van der Waals surface area contributed by atoms with Crippen LogP contribution in [0.2, 0.25) is 0 Å². The monoisotopic (exact) mass is 390 g/mol. The highest BCUT2D eigenvalue weighted by molar-refractivity contribution is 5.83. The molecule has 1 aliphatic carbocycles. The van der Waals surface area contributed by atoms with E-state index in [0.29, 0.717) is 11.5 Å². The van der Waals surface area contributed by atoms with Gasteiger partial charge in [-0.2, -0.15) is 0 Å². The fraction of sp³-hybridized carbons (Fsp3) is 0.391. The molecule has 1 saturated carbocycles. The van der Waals surface area contributed by atoms with Crippen molar-refractivity contribution in [3.05, 3.63) is 59.2 Å². The molecule has 0 spiro atoms. The van der Waals surface area contributed by atoms with E-state index in [9.17, 15) is 17.6 Å². The van der Waals surface area contributed by atoms with Gasteiger partial charge in [0, 0.05) is 11.5 Å². The predicted octanol–water partition coefficient (Wildman–Crippen LogP) is 7.73. The van der Waals surface area contributed by atoms with Gasteiger partial charge >= 0.3 is 0 Å². The van der Waals surface area contributed by atoms with Crippen molar-refractivity contribution in [2.45, 2.75) is 51.4 Å². The summed E-state index contributed by atoms with van der Waals surface area (Å²) in [6, 6.07) is 5.91. The van der Waals surface area contributed by atoms with E-state index in [4.69, 9.17) is 4.42 Å². The minimum Gasteiger partial charge on any atom is -0.456 e. The van der Waals surface area contributed by atoms with Crippen molar-refractivity contribution in [3.63, 3.8) is 0 Å². The Kier molecular flexibility index (Phi) is 5.17. The van der Waals surface area contributed by atoms with E-state index in [1.165, 1.54) is 31.0 Å². The van der Waals surface area contributed by atoms with Gasteiger partial charge < -0.3 is 4.42 Å². The molecule has 2 aromatic carbocycles. The van der Waals surface area contributed by atoms with Gasteiger partial charge in [-0.15, -0.1) is 0 Å². The van der Waals surface area contributed by atoms with E-state index in [0.717, 1.165) is 37.8 Å². The first-order valence-corrected chi connectivity index (χ1v) is 9.84. The van der Waals surface area contributed by atoms with E-state index < -0.39 is 23.3 Å². The Bertz CT molecular complexity index is 937. The average Bonchev–Trinajstić information content (AvgIpc) is 3.04. The van der Waals surface area contributed by atoms with Crippen LogP contribution in [-0.4, -0.2) is 0 Å². The Labute approximate surface area is 161 Å². The normalized spacial score (nSPS) is 20.0. The average molecular weight is 390 g/mol. The van der Waals surface area contributed by atoms with Crippen LogP contribution in [0.3, 0.4) is 0 Å². The lowest BCUT2D eigenvalue weighted by molar-refractivity contribution is 0.307. The largest absolute Gasteiger partial charge is 0.456 e. The molecule has 0 aliphatic heterocycles. The Morgan fingerprint density at radius 3 is 2.11 bits per heavy atom. The molecule has 28 heavy (non-hydrogen) atoms. The van der Waals surface area contributed by atoms with Crippen LogP contribution in [-0.2, 0) is 0 Å². The first-order valence-electron chi connectivity index (χ1n) is 9.84. The number of hydrogen-bond donors (Lipinski definition) is 0. The lowest BCUT2D eigenvalue weighted by Crippen LogP contribution is -2.13. The quantitative estimate of drug-likeness (QED) is 0.415. The number of halogens is 4. The second kappa shape index (κ2) is 7.61. The molecule has 1 aliphatic rings. The van der Waals surface area contributed by atoms with Gasteiger partial charge in [0.1, 0.15) is 23.0 Å². The van der Waals surface area contributed by atoms with Crippen molar-refractivity contribution < 1.29 is 22.0 Å². The summed E-state index contributed by atoms with van der Waals surface area (Å²) < 4.78 is 61.7. The summed E-state index contributed by atoms with van der Waals surface area (Å²) in [7, 11) is 0. The Morgan fingerprint density at radius 2 is 1.46 bits per heavy atom. The van der Waals surface area contributed by atoms with Gasteiger partial charge in [0.05, 0.1) is 5.56 Å². The molecule has 1 aromatic heterocycles. The molecule has 0 atom stereocenters. The molecule has 1 heterocycles. The molecule has 1 nitrogen and oxygen atoms in total. The van der Waals surface area contributed by atoms with Crippen molar-refractivity contribution in [3.8, 4) is 11.3 Å². The van der Waals surface area contributed by atoms with E-state index in [2.05, 4.69) is 6.92 Å². The van der Waals surface area contributed by atoms with Crippen LogP contribution in [0.5, 0.6) is 0 Å². The van der Waals surface area contributed by atoms with Crippen LogP contribution in [0.1, 0.15) is 56.9 Å². The second-order valence-corrected chi connectivity index (χ2v) is 7.78. The van der Waals surface area contributed by atoms with Gasteiger partial charge in [0.25, 0.3) is 0 Å². The topological polar surface area (TPSA) is 13.1 Å². The minimum absolute atomic E-state index is 0.0472. The van der Waals surface area contributed by atoms with E-state index in [1.54, 1.807) is 0 Å². The van der Waals surface area contributed by atoms with Gasteiger partial charge in [-0.05, 0) is 67.3 Å². The number of fused-ring (bicyclic) bond motifs is 1. The third-order valence-electron chi connectivity index (χ3n) is 5.89. The fourth-order valence-electron chi connectivity index (χ4n) is 4.41. The molecular weight excluding hydrogens is 368 g/mol. The van der Waals surface area contributed by atoms with Crippen LogP contribution < -0.4 is 0 Å². The van der Waals surface area contributed by atoms with E-state index in [1.807, 2.05) is 0 Å². The van der Waals surface area contributed by atoms with Gasteiger partial charge in [0.15, 0.2) is 11.6 Å². The molecule has 0 N–H and O–H groups in total. The molecule has 0 amide bonds. The Hall–Kier alpha value is -2.30. The van der Waals surface area contributed by atoms with Crippen LogP contribution in [0, 0.1) is 29.2 Å². The summed E-state index contributed by atoms with van der Waals surface area (Å²) in [6.45, 7) is 2.18. The van der Waals surface area contributed by atoms with Crippen LogP contribution in [0.25, 0.3) is 22.3 Å². The molecule has 0 saturated heterocycles. The van der Waals surface area contributed by atoms with Crippen molar-refractivity contribution in [1.82, 2.24) is 0 Å². The zero-order chi connectivity index (χ0) is 19.8. The van der Waals surface area contributed by atoms with Crippen LogP contribution in [0.15, 0.2) is 34.7 Å². The molecule has 3 aromatic rings. The fourth-order valence-corrected chi connectivity index (χ4v) is 4.41. The maximum absolute atomic E-state index is 14.8. The summed E-state index contributed by atoms with van der Waals surface area (Å²) in [6.07, 6.45) is 6.42. The number of hydrogen-bond acceptors (Lipinski definition) is 1. The Balaban J connectivity index is 1.63. The summed E-state index contributed by atoms with van der Waals surface area (Å²) in [4.78, 5) is 0. The summed E-state index contributed by atoms with van der Waals surface area (Å²) in [5.41, 5.74) is 0.411. The predicted molar refractivity (Wildman–Crippen MR) is 101 cm³/mol. The van der Waals surface area contributed by atoms with Crippen LogP contribution in [0.4, 0.5) is 17.6 Å². The van der Waals surface area contributed by atoms with E-state index in [-0.39, 0.29) is 28.2 Å². The van der Waals surface area contributed by atoms with Crippen molar-refractivity contribution >= 4 is 11.0 Å². The molecule has 0 radical (unpaired) electrons. The van der Waals surface area contributed by atoms with Gasteiger partial charge in [-0.25, -0.2) is 17.6 Å². The highest BCUT2D eigenvalue weighted by Crippen LogP contribution is 2.40. The SMILES string of the molecule is CCCC1CCC(c2cc(F)c(-c3cc4cc(F)c(F)cc4o3)c(F)c2)CC1. The number of rotatable bonds is 4. The highest BCUT2D eigenvalue weighted by Gasteiger charge is 2.25. The van der Waals surface area contributed by atoms with Gasteiger partial charge in [0.2, 0.25) is 0 Å². The maximum atomic E-state index is 14.8. The molecule has 4 rings (SSSR count). The third kappa shape index (κ3) is 3.54. The highest BCUT2D eigenvalue weighted by atomic mass is 19.2. The zero-order valence-electron chi connectivity index (χ0n) is 15.7. The summed E-state index contributed by atoms with van der Waals surface area (Å²) >= 11 is 0. The first-order chi connectivity index (χ1) is 13.5. The molecular formula is C23H22F4O. The smallest absolute Gasteiger partial charge is 0.162 e. The molecule has 0 bridgehead atoms. The second-order valence-electron chi connectivity index (χ2n) is 7.78. The Morgan fingerprint density at radius 1 is 0.821 bits per heavy atom. The molecule has 0 unspecified atom stereocenters. The van der Waals surface area contributed by atoms with E-state index >= 15 is 0 Å². The summed E-state index contributed by atoms with van der Waals surface area (Å²) in [5.74, 6) is -2.74. The molecule has 1 fully saturated rings. The van der Waals surface area contributed by atoms with Crippen molar-refractivity contribution in [2.75, 3.05) is 0 Å². The van der Waals surface area contributed by atoms with Gasteiger partial charge in [-0.3, -0.25) is 0 Å². The molecule has 5 heteroatoms. The lowest BCUT2D eigenvalue weighted by Gasteiger charge is -2.28. The zero-order valence-corrected chi connectivity index (χ0v) is 15.7. The van der Waals surface area contributed by atoms with Gasteiger partial charge in [-0.1, -0.05) is 19.8 Å². The van der Waals surface area contributed by atoms with Crippen molar-refractivity contribution in [1.29, 1.82) is 0 Å². The van der Waals surface area contributed by atoms with Crippen molar-refractivity contribution in [2.24, 2.45) is 5.92 Å².